The van der Waals surface area contributed by atoms with Crippen LogP contribution in [0.4, 0.5) is 9.52 Å². The molecule has 1 heterocycles. The minimum absolute atomic E-state index is 0.0144. The Morgan fingerprint density at radius 3 is 2.52 bits per heavy atom. The molecule has 0 bridgehead atoms. The summed E-state index contributed by atoms with van der Waals surface area (Å²) in [4.78, 5) is 14.8. The summed E-state index contributed by atoms with van der Waals surface area (Å²) in [6.45, 7) is 0. The molecule has 23 heavy (non-hydrogen) atoms. The summed E-state index contributed by atoms with van der Waals surface area (Å²) in [5, 5.41) is 8.92. The second-order valence-corrected chi connectivity index (χ2v) is 7.28. The standard InChI is InChI=1S/C14H9FN2O4S2/c15-9-3-6-11-12(7-9)22-14(16-11)17-23(20,21)10-4-1-8(2-5-10)13(18)19/h1-7H,(H,16,17)(H,18,19). The predicted octanol–water partition coefficient (Wildman–Crippen LogP) is 2.93. The monoisotopic (exact) mass is 352 g/mol. The highest BCUT2D eigenvalue weighted by molar-refractivity contribution is 7.93. The van der Waals surface area contributed by atoms with Crippen LogP contribution in [0.5, 0.6) is 0 Å². The molecule has 1 aromatic heterocycles. The number of carbonyl (C=O) groups is 1. The zero-order valence-electron chi connectivity index (χ0n) is 11.4. The third-order valence-electron chi connectivity index (χ3n) is 2.98. The Morgan fingerprint density at radius 1 is 1.17 bits per heavy atom. The van der Waals surface area contributed by atoms with E-state index >= 15 is 0 Å². The highest BCUT2D eigenvalue weighted by atomic mass is 32.2. The van der Waals surface area contributed by atoms with Gasteiger partial charge in [-0.1, -0.05) is 11.3 Å². The van der Waals surface area contributed by atoms with Gasteiger partial charge in [-0.3, -0.25) is 4.72 Å². The van der Waals surface area contributed by atoms with Crippen LogP contribution in [0.2, 0.25) is 0 Å². The lowest BCUT2D eigenvalue weighted by Gasteiger charge is -2.05. The molecule has 0 aliphatic rings. The van der Waals surface area contributed by atoms with Gasteiger partial charge in [0.15, 0.2) is 5.13 Å². The van der Waals surface area contributed by atoms with Gasteiger partial charge in [0.25, 0.3) is 10.0 Å². The summed E-state index contributed by atoms with van der Waals surface area (Å²) in [6, 6.07) is 8.75. The lowest BCUT2D eigenvalue weighted by Crippen LogP contribution is -2.13. The second kappa shape index (κ2) is 5.60. The Bertz CT molecular complexity index is 997. The zero-order chi connectivity index (χ0) is 16.6. The molecule has 0 aliphatic heterocycles. The normalized spacial score (nSPS) is 11.5. The van der Waals surface area contributed by atoms with Crippen LogP contribution in [0.3, 0.4) is 0 Å². The number of hydrogen-bond donors (Lipinski definition) is 2. The maximum atomic E-state index is 13.1. The van der Waals surface area contributed by atoms with Gasteiger partial charge in [-0.05, 0) is 42.5 Å². The fourth-order valence-electron chi connectivity index (χ4n) is 1.89. The second-order valence-electron chi connectivity index (χ2n) is 4.57. The number of carboxylic acid groups (broad SMARTS) is 1. The highest BCUT2D eigenvalue weighted by Crippen LogP contribution is 2.28. The van der Waals surface area contributed by atoms with E-state index in [0.717, 1.165) is 11.3 Å². The summed E-state index contributed by atoms with van der Waals surface area (Å²) in [5.74, 6) is -1.57. The van der Waals surface area contributed by atoms with Crippen molar-refractivity contribution >= 4 is 42.7 Å². The number of nitrogens with one attached hydrogen (secondary N) is 1. The summed E-state index contributed by atoms with van der Waals surface area (Å²) >= 11 is 1.01. The van der Waals surface area contributed by atoms with Crippen LogP contribution >= 0.6 is 11.3 Å². The minimum atomic E-state index is -3.90. The molecule has 0 aliphatic carbocycles. The van der Waals surface area contributed by atoms with Gasteiger partial charge in [-0.15, -0.1) is 0 Å². The van der Waals surface area contributed by atoms with E-state index in [-0.39, 0.29) is 15.6 Å². The van der Waals surface area contributed by atoms with Gasteiger partial charge in [-0.2, -0.15) is 0 Å². The molecule has 2 aromatic carbocycles. The molecule has 2 N–H and O–H groups in total. The molecular formula is C14H9FN2O4S2. The number of nitrogens with zero attached hydrogens (tertiary/aromatic N) is 1. The van der Waals surface area contributed by atoms with Gasteiger partial charge in [0.2, 0.25) is 0 Å². The van der Waals surface area contributed by atoms with Crippen molar-refractivity contribution in [3.05, 3.63) is 53.8 Å². The Labute approximate surface area is 134 Å². The quantitative estimate of drug-likeness (QED) is 0.752. The third kappa shape index (κ3) is 3.15. The van der Waals surface area contributed by atoms with E-state index in [9.17, 15) is 17.6 Å². The molecule has 0 spiro atoms. The number of fused-ring (bicyclic) bond motifs is 1. The maximum absolute atomic E-state index is 13.1. The number of anilines is 1. The summed E-state index contributed by atoms with van der Waals surface area (Å²) in [7, 11) is -3.90. The van der Waals surface area contributed by atoms with Gasteiger partial charge in [0, 0.05) is 0 Å². The first-order chi connectivity index (χ1) is 10.8. The van der Waals surface area contributed by atoms with Crippen molar-refractivity contribution in [2.24, 2.45) is 0 Å². The van der Waals surface area contributed by atoms with Crippen molar-refractivity contribution < 1.29 is 22.7 Å². The molecule has 3 aromatic rings. The molecule has 0 amide bonds. The number of halogens is 1. The van der Waals surface area contributed by atoms with E-state index < -0.39 is 21.8 Å². The summed E-state index contributed by atoms with van der Waals surface area (Å²) < 4.78 is 40.5. The van der Waals surface area contributed by atoms with Crippen molar-refractivity contribution in [3.8, 4) is 0 Å². The van der Waals surface area contributed by atoms with Crippen LogP contribution in [0.25, 0.3) is 10.2 Å². The predicted molar refractivity (Wildman–Crippen MR) is 83.8 cm³/mol. The van der Waals surface area contributed by atoms with Crippen molar-refractivity contribution in [3.63, 3.8) is 0 Å². The Hall–Kier alpha value is -2.52. The van der Waals surface area contributed by atoms with Crippen LogP contribution in [0.15, 0.2) is 47.4 Å². The number of thiazole rings is 1. The van der Waals surface area contributed by atoms with Gasteiger partial charge in [-0.25, -0.2) is 22.6 Å². The fourth-order valence-corrected chi connectivity index (χ4v) is 4.02. The lowest BCUT2D eigenvalue weighted by molar-refractivity contribution is 0.0696. The van der Waals surface area contributed by atoms with Crippen LogP contribution < -0.4 is 4.72 Å². The SMILES string of the molecule is O=C(O)c1ccc(S(=O)(=O)Nc2nc3ccc(F)cc3s2)cc1. The number of sulfonamides is 1. The van der Waals surface area contributed by atoms with E-state index in [1.165, 1.54) is 42.5 Å². The Balaban J connectivity index is 1.91. The summed E-state index contributed by atoms with van der Waals surface area (Å²) in [5.41, 5.74) is 0.467. The smallest absolute Gasteiger partial charge is 0.335 e. The van der Waals surface area contributed by atoms with Crippen LogP contribution in [0, 0.1) is 5.82 Å². The fraction of sp³-hybridized carbons (Fsp3) is 0. The Morgan fingerprint density at radius 2 is 1.87 bits per heavy atom. The molecule has 3 rings (SSSR count). The third-order valence-corrected chi connectivity index (χ3v) is 5.40. The minimum Gasteiger partial charge on any atom is -0.478 e. The molecule has 0 atom stereocenters. The molecule has 0 fully saturated rings. The van der Waals surface area contributed by atoms with Crippen molar-refractivity contribution in [1.82, 2.24) is 4.98 Å². The molecule has 118 valence electrons. The molecule has 9 heteroatoms. The van der Waals surface area contributed by atoms with Crippen molar-refractivity contribution in [1.29, 1.82) is 0 Å². The van der Waals surface area contributed by atoms with Gasteiger partial charge in [0.05, 0.1) is 20.7 Å². The lowest BCUT2D eigenvalue weighted by atomic mass is 10.2. The van der Waals surface area contributed by atoms with Crippen molar-refractivity contribution in [2.75, 3.05) is 4.72 Å². The number of benzene rings is 2. The van der Waals surface area contributed by atoms with Crippen LogP contribution in [0.1, 0.15) is 10.4 Å². The molecule has 0 radical (unpaired) electrons. The van der Waals surface area contributed by atoms with Crippen molar-refractivity contribution in [2.45, 2.75) is 4.90 Å². The van der Waals surface area contributed by atoms with E-state index in [2.05, 4.69) is 9.71 Å². The molecule has 6 nitrogen and oxygen atoms in total. The van der Waals surface area contributed by atoms with Gasteiger partial charge >= 0.3 is 5.97 Å². The number of aromatic carboxylic acids is 1. The summed E-state index contributed by atoms with van der Waals surface area (Å²) in [6.07, 6.45) is 0. The molecular weight excluding hydrogens is 343 g/mol. The largest absolute Gasteiger partial charge is 0.478 e. The van der Waals surface area contributed by atoms with E-state index in [1.807, 2.05) is 0 Å². The zero-order valence-corrected chi connectivity index (χ0v) is 13.0. The Kier molecular flexibility index (Phi) is 3.74. The van der Waals surface area contributed by atoms with Crippen LogP contribution in [-0.4, -0.2) is 24.5 Å². The number of carboxylic acids is 1. The number of rotatable bonds is 4. The van der Waals surface area contributed by atoms with Gasteiger partial charge < -0.3 is 5.11 Å². The van der Waals surface area contributed by atoms with E-state index in [0.29, 0.717) is 10.2 Å². The number of aromatic nitrogens is 1. The molecule has 0 saturated heterocycles. The van der Waals surface area contributed by atoms with Crippen LogP contribution in [-0.2, 0) is 10.0 Å². The average Bonchev–Trinajstić information content (AvgIpc) is 2.87. The molecule has 0 saturated carbocycles. The maximum Gasteiger partial charge on any atom is 0.335 e. The number of hydrogen-bond acceptors (Lipinski definition) is 5. The van der Waals surface area contributed by atoms with E-state index in [4.69, 9.17) is 5.11 Å². The highest BCUT2D eigenvalue weighted by Gasteiger charge is 2.17. The first kappa shape index (κ1) is 15.4. The first-order valence-electron chi connectivity index (χ1n) is 6.27. The average molecular weight is 352 g/mol. The molecule has 0 unspecified atom stereocenters. The topological polar surface area (TPSA) is 96.4 Å². The van der Waals surface area contributed by atoms with Gasteiger partial charge in [0.1, 0.15) is 5.82 Å². The first-order valence-corrected chi connectivity index (χ1v) is 8.57. The van der Waals surface area contributed by atoms with E-state index in [1.54, 1.807) is 0 Å².